The summed E-state index contributed by atoms with van der Waals surface area (Å²) >= 11 is 0. The predicted molar refractivity (Wildman–Crippen MR) is 98.8 cm³/mol. The number of carbonyl (C=O) groups excluding carboxylic acids is 1. The van der Waals surface area contributed by atoms with Gasteiger partial charge in [0.25, 0.3) is 5.91 Å². The Labute approximate surface area is 151 Å². The van der Waals surface area contributed by atoms with Crippen LogP contribution in [0.5, 0.6) is 0 Å². The topological polar surface area (TPSA) is 83.7 Å². The number of piperidine rings is 1. The highest BCUT2D eigenvalue weighted by Crippen LogP contribution is 2.25. The summed E-state index contributed by atoms with van der Waals surface area (Å²) in [4.78, 5) is 14.3. The number of amides is 1. The molecule has 1 aliphatic rings. The SMILES string of the molecule is CCN(CC)C(=O)c1ccc(S(=O)(=O)N2CCC(C(C)N)CC2)cc1. The van der Waals surface area contributed by atoms with Crippen LogP contribution in [-0.2, 0) is 10.0 Å². The molecule has 1 amide bonds. The first kappa shape index (κ1) is 19.9. The minimum atomic E-state index is -3.52. The Morgan fingerprint density at radius 2 is 1.72 bits per heavy atom. The Morgan fingerprint density at radius 1 is 1.20 bits per heavy atom. The van der Waals surface area contributed by atoms with Crippen molar-refractivity contribution >= 4 is 15.9 Å². The summed E-state index contributed by atoms with van der Waals surface area (Å²) in [5.74, 6) is 0.298. The van der Waals surface area contributed by atoms with Gasteiger partial charge in [0.1, 0.15) is 0 Å². The van der Waals surface area contributed by atoms with E-state index in [1.54, 1.807) is 17.0 Å². The summed E-state index contributed by atoms with van der Waals surface area (Å²) in [6.07, 6.45) is 1.57. The van der Waals surface area contributed by atoms with Gasteiger partial charge in [-0.25, -0.2) is 8.42 Å². The van der Waals surface area contributed by atoms with Gasteiger partial charge in [0, 0.05) is 37.8 Å². The quantitative estimate of drug-likeness (QED) is 0.832. The first-order valence-electron chi connectivity index (χ1n) is 8.96. The van der Waals surface area contributed by atoms with Crippen LogP contribution >= 0.6 is 0 Å². The molecule has 140 valence electrons. The molecule has 25 heavy (non-hydrogen) atoms. The zero-order valence-electron chi connectivity index (χ0n) is 15.3. The average Bonchev–Trinajstić information content (AvgIpc) is 2.62. The van der Waals surface area contributed by atoms with E-state index in [4.69, 9.17) is 5.73 Å². The van der Waals surface area contributed by atoms with E-state index in [0.29, 0.717) is 37.7 Å². The first-order chi connectivity index (χ1) is 11.8. The molecule has 1 aliphatic heterocycles. The Balaban J connectivity index is 2.12. The zero-order chi connectivity index (χ0) is 18.6. The van der Waals surface area contributed by atoms with E-state index in [0.717, 1.165) is 12.8 Å². The second-order valence-electron chi connectivity index (χ2n) is 6.60. The molecule has 1 saturated heterocycles. The molecule has 6 nitrogen and oxygen atoms in total. The summed E-state index contributed by atoms with van der Waals surface area (Å²) in [6, 6.07) is 6.35. The van der Waals surface area contributed by atoms with Crippen LogP contribution in [-0.4, -0.2) is 55.8 Å². The molecule has 0 spiro atoms. The molecule has 1 aromatic rings. The standard InChI is InChI=1S/C18H29N3O3S/c1-4-20(5-2)18(22)16-6-8-17(9-7-16)25(23,24)21-12-10-15(11-13-21)14(3)19/h6-9,14-15H,4-5,10-13,19H2,1-3H3. The molecular weight excluding hydrogens is 338 g/mol. The minimum Gasteiger partial charge on any atom is -0.339 e. The molecule has 1 aromatic carbocycles. The van der Waals surface area contributed by atoms with Gasteiger partial charge >= 0.3 is 0 Å². The van der Waals surface area contributed by atoms with E-state index in [-0.39, 0.29) is 16.8 Å². The largest absolute Gasteiger partial charge is 0.339 e. The Morgan fingerprint density at radius 3 is 2.16 bits per heavy atom. The van der Waals surface area contributed by atoms with Crippen molar-refractivity contribution in [3.63, 3.8) is 0 Å². The number of nitrogens with two attached hydrogens (primary N) is 1. The summed E-state index contributed by atoms with van der Waals surface area (Å²) in [6.45, 7) is 8.07. The van der Waals surface area contributed by atoms with Gasteiger partial charge in [-0.3, -0.25) is 4.79 Å². The number of rotatable bonds is 6. The lowest BCUT2D eigenvalue weighted by Gasteiger charge is -2.33. The zero-order valence-corrected chi connectivity index (χ0v) is 16.1. The third-order valence-electron chi connectivity index (χ3n) is 5.03. The highest BCUT2D eigenvalue weighted by molar-refractivity contribution is 7.89. The Hall–Kier alpha value is -1.44. The summed E-state index contributed by atoms with van der Waals surface area (Å²) in [7, 11) is -3.52. The van der Waals surface area contributed by atoms with E-state index >= 15 is 0 Å². The third kappa shape index (κ3) is 4.40. The maximum Gasteiger partial charge on any atom is 0.253 e. The van der Waals surface area contributed by atoms with Gasteiger partial charge in [-0.05, 0) is 63.8 Å². The number of benzene rings is 1. The molecule has 0 aliphatic carbocycles. The second-order valence-corrected chi connectivity index (χ2v) is 8.54. The maximum atomic E-state index is 12.8. The average molecular weight is 368 g/mol. The van der Waals surface area contributed by atoms with Crippen molar-refractivity contribution in [1.29, 1.82) is 0 Å². The fourth-order valence-electron chi connectivity index (χ4n) is 3.25. The molecule has 0 radical (unpaired) electrons. The fourth-order valence-corrected chi connectivity index (χ4v) is 4.72. The molecule has 0 bridgehead atoms. The normalized spacial score (nSPS) is 18.1. The van der Waals surface area contributed by atoms with Gasteiger partial charge in [-0.2, -0.15) is 4.31 Å². The van der Waals surface area contributed by atoms with Crippen LogP contribution < -0.4 is 5.73 Å². The molecule has 0 saturated carbocycles. The van der Waals surface area contributed by atoms with Crippen molar-refractivity contribution in [2.45, 2.75) is 44.6 Å². The summed E-state index contributed by atoms with van der Waals surface area (Å²) in [5, 5.41) is 0. The summed E-state index contributed by atoms with van der Waals surface area (Å²) < 4.78 is 27.1. The van der Waals surface area contributed by atoms with Gasteiger partial charge in [-0.15, -0.1) is 0 Å². The van der Waals surface area contributed by atoms with Crippen LogP contribution in [0.2, 0.25) is 0 Å². The number of nitrogens with zero attached hydrogens (tertiary/aromatic N) is 2. The monoisotopic (exact) mass is 367 g/mol. The van der Waals surface area contributed by atoms with E-state index in [1.165, 1.54) is 16.4 Å². The molecule has 1 fully saturated rings. The van der Waals surface area contributed by atoms with E-state index in [2.05, 4.69) is 0 Å². The van der Waals surface area contributed by atoms with Crippen LogP contribution in [0, 0.1) is 5.92 Å². The molecule has 1 atom stereocenters. The van der Waals surface area contributed by atoms with Crippen molar-refractivity contribution < 1.29 is 13.2 Å². The number of carbonyl (C=O) groups is 1. The smallest absolute Gasteiger partial charge is 0.253 e. The maximum absolute atomic E-state index is 12.8. The Kier molecular flexibility index (Phi) is 6.59. The molecule has 0 aromatic heterocycles. The number of sulfonamides is 1. The van der Waals surface area contributed by atoms with Crippen molar-refractivity contribution in [2.75, 3.05) is 26.2 Å². The van der Waals surface area contributed by atoms with E-state index < -0.39 is 10.0 Å². The van der Waals surface area contributed by atoms with Crippen LogP contribution in [0.1, 0.15) is 44.0 Å². The lowest BCUT2D eigenvalue weighted by atomic mass is 9.92. The lowest BCUT2D eigenvalue weighted by molar-refractivity contribution is 0.0773. The van der Waals surface area contributed by atoms with E-state index in [1.807, 2.05) is 20.8 Å². The molecule has 2 rings (SSSR count). The van der Waals surface area contributed by atoms with Crippen LogP contribution in [0.15, 0.2) is 29.2 Å². The van der Waals surface area contributed by atoms with E-state index in [9.17, 15) is 13.2 Å². The van der Waals surface area contributed by atoms with Gasteiger partial charge in [0.05, 0.1) is 4.90 Å². The fraction of sp³-hybridized carbons (Fsp3) is 0.611. The number of hydrogen-bond acceptors (Lipinski definition) is 4. The first-order valence-corrected chi connectivity index (χ1v) is 10.4. The predicted octanol–water partition coefficient (Wildman–Crippen LogP) is 1.92. The van der Waals surface area contributed by atoms with Crippen molar-refractivity contribution in [2.24, 2.45) is 11.7 Å². The Bertz CT molecular complexity index is 674. The second kappa shape index (κ2) is 8.29. The molecule has 1 unspecified atom stereocenters. The van der Waals surface area contributed by atoms with Gasteiger partial charge in [0.15, 0.2) is 0 Å². The molecule has 7 heteroatoms. The van der Waals surface area contributed by atoms with Crippen LogP contribution in [0.4, 0.5) is 0 Å². The highest BCUT2D eigenvalue weighted by atomic mass is 32.2. The van der Waals surface area contributed by atoms with Gasteiger partial charge in [0.2, 0.25) is 10.0 Å². The molecular formula is C18H29N3O3S. The van der Waals surface area contributed by atoms with Gasteiger partial charge in [-0.1, -0.05) is 0 Å². The van der Waals surface area contributed by atoms with Crippen molar-refractivity contribution in [3.8, 4) is 0 Å². The highest BCUT2D eigenvalue weighted by Gasteiger charge is 2.30. The lowest BCUT2D eigenvalue weighted by Crippen LogP contribution is -2.42. The molecule has 2 N–H and O–H groups in total. The molecule has 1 heterocycles. The van der Waals surface area contributed by atoms with Gasteiger partial charge < -0.3 is 10.6 Å². The van der Waals surface area contributed by atoms with Crippen LogP contribution in [0.3, 0.4) is 0 Å². The summed E-state index contributed by atoms with van der Waals surface area (Å²) in [5.41, 5.74) is 6.43. The third-order valence-corrected chi connectivity index (χ3v) is 6.94. The van der Waals surface area contributed by atoms with Crippen LogP contribution in [0.25, 0.3) is 0 Å². The minimum absolute atomic E-state index is 0.0771. The van der Waals surface area contributed by atoms with Crippen molar-refractivity contribution in [3.05, 3.63) is 29.8 Å². The number of hydrogen-bond donors (Lipinski definition) is 1. The van der Waals surface area contributed by atoms with Crippen molar-refractivity contribution in [1.82, 2.24) is 9.21 Å².